The van der Waals surface area contributed by atoms with E-state index in [1.54, 1.807) is 0 Å². The zero-order valence-electron chi connectivity index (χ0n) is 5.52. The van der Waals surface area contributed by atoms with Gasteiger partial charge in [0.15, 0.2) is 0 Å². The standard InChI is InChI=1S/C5H5.CH3.3BrH.Hf/c1-2-4-5-3-1;;;;;/h1-5H;1H3;3*1H;/q2*-1;;;;/p-3. The van der Waals surface area contributed by atoms with E-state index in [1.807, 2.05) is 30.3 Å². The average molecular weight is 498 g/mol. The molecule has 62 valence electrons. The molecule has 1 aromatic rings. The minimum Gasteiger partial charge on any atom is -1.00 e. The van der Waals surface area contributed by atoms with Crippen LogP contribution in [0, 0.1) is 7.43 Å². The third-order valence-corrected chi connectivity index (χ3v) is 0.556. The van der Waals surface area contributed by atoms with Crippen LogP contribution >= 0.6 is 0 Å². The second-order valence-electron chi connectivity index (χ2n) is 0.962. The van der Waals surface area contributed by atoms with Crippen molar-refractivity contribution in [1.82, 2.24) is 0 Å². The van der Waals surface area contributed by atoms with Gasteiger partial charge in [-0.3, -0.25) is 0 Å². The molecule has 0 atom stereocenters. The largest absolute Gasteiger partial charge is 1.00 e. The molecule has 0 aliphatic rings. The Morgan fingerprint density at radius 3 is 1.20 bits per heavy atom. The van der Waals surface area contributed by atoms with Gasteiger partial charge in [-0.25, -0.2) is 12.1 Å². The molecule has 0 nitrogen and oxygen atoms in total. The van der Waals surface area contributed by atoms with E-state index >= 15 is 0 Å². The third kappa shape index (κ3) is 16.3. The van der Waals surface area contributed by atoms with Crippen molar-refractivity contribution in [2.24, 2.45) is 0 Å². The van der Waals surface area contributed by atoms with E-state index in [-0.39, 0.29) is 84.2 Å². The molecule has 4 heteroatoms. The molecule has 0 saturated carbocycles. The monoisotopic (exact) mass is 497 g/mol. The molecular weight excluding hydrogens is 490 g/mol. The van der Waals surface area contributed by atoms with Gasteiger partial charge in [0.25, 0.3) is 0 Å². The summed E-state index contributed by atoms with van der Waals surface area (Å²) in [6.45, 7) is 0. The van der Waals surface area contributed by atoms with Crippen LogP contribution in [0.1, 0.15) is 0 Å². The molecule has 0 fully saturated rings. The van der Waals surface area contributed by atoms with Crippen LogP contribution in [0.3, 0.4) is 0 Å². The number of hydrogen-bond acceptors (Lipinski definition) is 0. The van der Waals surface area contributed by atoms with Crippen molar-refractivity contribution in [3.05, 3.63) is 37.8 Å². The van der Waals surface area contributed by atoms with E-state index in [0.717, 1.165) is 0 Å². The van der Waals surface area contributed by atoms with Crippen molar-refractivity contribution in [1.29, 1.82) is 0 Å². The average Bonchev–Trinajstić information content (AvgIpc) is 1.76. The summed E-state index contributed by atoms with van der Waals surface area (Å²) in [5.41, 5.74) is 0. The molecule has 0 N–H and O–H groups in total. The van der Waals surface area contributed by atoms with Gasteiger partial charge in [0, 0.05) is 25.8 Å². The van der Waals surface area contributed by atoms with Crippen LogP contribution in [0.4, 0.5) is 0 Å². The van der Waals surface area contributed by atoms with E-state index in [2.05, 4.69) is 0 Å². The van der Waals surface area contributed by atoms with Gasteiger partial charge >= 0.3 is 0 Å². The molecule has 1 aromatic carbocycles. The maximum Gasteiger partial charge on any atom is 0 e. The Morgan fingerprint density at radius 1 is 0.800 bits per heavy atom. The summed E-state index contributed by atoms with van der Waals surface area (Å²) < 4.78 is 0. The molecular formula is C6H8Br3Hf-5. The maximum absolute atomic E-state index is 2.00. The van der Waals surface area contributed by atoms with Crippen molar-refractivity contribution in [3.63, 3.8) is 0 Å². The van der Waals surface area contributed by atoms with Crippen molar-refractivity contribution in [2.45, 2.75) is 0 Å². The van der Waals surface area contributed by atoms with Gasteiger partial charge in [0.05, 0.1) is 0 Å². The second kappa shape index (κ2) is 22.4. The van der Waals surface area contributed by atoms with Gasteiger partial charge in [-0.1, -0.05) is 0 Å². The van der Waals surface area contributed by atoms with Gasteiger partial charge in [-0.15, -0.1) is 0 Å². The molecule has 0 aromatic heterocycles. The quantitative estimate of drug-likeness (QED) is 0.247. The van der Waals surface area contributed by atoms with Crippen LogP contribution < -0.4 is 50.9 Å². The van der Waals surface area contributed by atoms with Crippen molar-refractivity contribution in [3.8, 4) is 0 Å². The zero-order valence-corrected chi connectivity index (χ0v) is 13.9. The molecule has 0 aliphatic heterocycles. The Morgan fingerprint density at radius 2 is 1.10 bits per heavy atom. The van der Waals surface area contributed by atoms with Gasteiger partial charge in [-0.2, -0.15) is 18.2 Å². The summed E-state index contributed by atoms with van der Waals surface area (Å²) in [4.78, 5) is 0. The Kier molecular flexibility index (Phi) is 67.0. The summed E-state index contributed by atoms with van der Waals surface area (Å²) in [5, 5.41) is 0. The Balaban J connectivity index is -0.0000000167. The topological polar surface area (TPSA) is 0 Å². The molecule has 0 spiro atoms. The Bertz CT molecular complexity index is 69.5. The Hall–Kier alpha value is 1.66. The molecule has 1 rings (SSSR count). The fraction of sp³-hybridized carbons (Fsp3) is 0. The molecule has 0 amide bonds. The summed E-state index contributed by atoms with van der Waals surface area (Å²) in [6.07, 6.45) is 0. The van der Waals surface area contributed by atoms with E-state index in [4.69, 9.17) is 0 Å². The van der Waals surface area contributed by atoms with E-state index in [9.17, 15) is 0 Å². The van der Waals surface area contributed by atoms with Crippen LogP contribution in [0.5, 0.6) is 0 Å². The van der Waals surface area contributed by atoms with Crippen molar-refractivity contribution < 1.29 is 76.8 Å². The smallest absolute Gasteiger partial charge is 0 e. The Labute approximate surface area is 113 Å². The van der Waals surface area contributed by atoms with Crippen LogP contribution in [-0.4, -0.2) is 0 Å². The number of rotatable bonds is 0. The van der Waals surface area contributed by atoms with Crippen LogP contribution in [-0.2, 0) is 25.8 Å². The third-order valence-electron chi connectivity index (χ3n) is 0.556. The van der Waals surface area contributed by atoms with Gasteiger partial charge in [0.1, 0.15) is 0 Å². The SMILES string of the molecule is [Br-].[Br-].[Br-].[CH3-].[Hf].c1cc[cH-]c1. The first kappa shape index (κ1) is 29.9. The maximum atomic E-state index is 2.00. The van der Waals surface area contributed by atoms with E-state index in [1.165, 1.54) is 0 Å². The van der Waals surface area contributed by atoms with Crippen LogP contribution in [0.25, 0.3) is 0 Å². The second-order valence-corrected chi connectivity index (χ2v) is 0.962. The first-order valence-electron chi connectivity index (χ1n) is 1.67. The van der Waals surface area contributed by atoms with Gasteiger partial charge in [0.2, 0.25) is 0 Å². The molecule has 0 radical (unpaired) electrons. The van der Waals surface area contributed by atoms with Crippen molar-refractivity contribution in [2.75, 3.05) is 0 Å². The predicted octanol–water partition coefficient (Wildman–Crippen LogP) is -7.13. The molecule has 0 saturated heterocycles. The van der Waals surface area contributed by atoms with E-state index in [0.29, 0.717) is 0 Å². The fourth-order valence-corrected chi connectivity index (χ4v) is 0.321. The normalized spacial score (nSPS) is 4.00. The summed E-state index contributed by atoms with van der Waals surface area (Å²) in [6, 6.07) is 10.0. The van der Waals surface area contributed by atoms with Crippen LogP contribution in [0.2, 0.25) is 0 Å². The molecule has 0 heterocycles. The fourth-order valence-electron chi connectivity index (χ4n) is 0.321. The first-order chi connectivity index (χ1) is 2.50. The molecule has 0 aliphatic carbocycles. The summed E-state index contributed by atoms with van der Waals surface area (Å²) in [5.74, 6) is 0. The predicted molar refractivity (Wildman–Crippen MR) is 28.4 cm³/mol. The molecule has 0 bridgehead atoms. The van der Waals surface area contributed by atoms with Gasteiger partial charge < -0.3 is 58.4 Å². The number of hydrogen-bond donors (Lipinski definition) is 0. The minimum atomic E-state index is 0. The van der Waals surface area contributed by atoms with E-state index < -0.39 is 0 Å². The zero-order chi connectivity index (χ0) is 3.54. The minimum absolute atomic E-state index is 0. The summed E-state index contributed by atoms with van der Waals surface area (Å²) in [7, 11) is 0. The first-order valence-corrected chi connectivity index (χ1v) is 1.67. The van der Waals surface area contributed by atoms with Crippen molar-refractivity contribution >= 4 is 0 Å². The van der Waals surface area contributed by atoms with Gasteiger partial charge in [-0.05, 0) is 0 Å². The number of halogens is 3. The summed E-state index contributed by atoms with van der Waals surface area (Å²) >= 11 is 0. The van der Waals surface area contributed by atoms with Crippen LogP contribution in [0.15, 0.2) is 30.3 Å². The molecule has 0 unspecified atom stereocenters. The molecule has 10 heavy (non-hydrogen) atoms.